The zero-order valence-corrected chi connectivity index (χ0v) is 19.7. The predicted octanol–water partition coefficient (Wildman–Crippen LogP) is 2.98. The number of hydrogen-bond acceptors (Lipinski definition) is 5. The van der Waals surface area contributed by atoms with Crippen LogP contribution in [-0.4, -0.2) is 60.7 Å². The lowest BCUT2D eigenvalue weighted by molar-refractivity contribution is -0.152. The van der Waals surface area contributed by atoms with E-state index in [0.29, 0.717) is 36.6 Å². The minimum atomic E-state index is -0.509. The van der Waals surface area contributed by atoms with Gasteiger partial charge in [0.15, 0.2) is 0 Å². The van der Waals surface area contributed by atoms with E-state index in [1.165, 1.54) is 19.3 Å². The van der Waals surface area contributed by atoms with Crippen LogP contribution in [0.5, 0.6) is 5.75 Å². The lowest BCUT2D eigenvalue weighted by Crippen LogP contribution is -2.67. The molecule has 1 saturated carbocycles. The number of ether oxygens (including phenoxy) is 1. The van der Waals surface area contributed by atoms with Gasteiger partial charge in [-0.15, -0.1) is 11.8 Å². The Morgan fingerprint density at radius 2 is 2.00 bits per heavy atom. The first-order chi connectivity index (χ1) is 15.5. The lowest BCUT2D eigenvalue weighted by atomic mass is 9.83. The zero-order valence-electron chi connectivity index (χ0n) is 18.9. The van der Waals surface area contributed by atoms with Gasteiger partial charge in [-0.2, -0.15) is 0 Å². The summed E-state index contributed by atoms with van der Waals surface area (Å²) in [7, 11) is 1.55. The number of carbonyl (C=O) groups excluding carboxylic acids is 3. The molecular formula is C24H33N3O4S. The molecular weight excluding hydrogens is 426 g/mol. The van der Waals surface area contributed by atoms with E-state index < -0.39 is 12.1 Å². The SMILES string of the molecule is COc1cc(SC)ccc1C(=O)NC1CCN2C(=O)C(CC3CCCCC3)NC(=O)C2C1. The topological polar surface area (TPSA) is 87.7 Å². The second kappa shape index (κ2) is 10.1. The molecule has 0 bridgehead atoms. The third-order valence-corrected chi connectivity index (χ3v) is 7.81. The van der Waals surface area contributed by atoms with Gasteiger partial charge in [0.05, 0.1) is 12.7 Å². The summed E-state index contributed by atoms with van der Waals surface area (Å²) in [5.74, 6) is 0.790. The standard InChI is InChI=1S/C24H33N3O4S/c1-31-21-14-17(32-2)8-9-18(21)22(28)25-16-10-11-27-20(13-16)23(29)26-19(24(27)30)12-15-6-4-3-5-7-15/h8-9,14-16,19-20H,3-7,10-13H2,1-2H3,(H,25,28)(H,26,29). The first-order valence-electron chi connectivity index (χ1n) is 11.6. The van der Waals surface area contributed by atoms with Crippen LogP contribution in [0.4, 0.5) is 0 Å². The second-order valence-electron chi connectivity index (χ2n) is 9.11. The van der Waals surface area contributed by atoms with Crippen LogP contribution in [-0.2, 0) is 9.59 Å². The van der Waals surface area contributed by atoms with Gasteiger partial charge in [0.1, 0.15) is 17.8 Å². The molecule has 3 unspecified atom stereocenters. The molecule has 0 aromatic heterocycles. The summed E-state index contributed by atoms with van der Waals surface area (Å²) < 4.78 is 5.40. The summed E-state index contributed by atoms with van der Waals surface area (Å²) >= 11 is 1.58. The molecule has 3 aliphatic rings. The van der Waals surface area contributed by atoms with Gasteiger partial charge in [-0.3, -0.25) is 14.4 Å². The molecule has 2 aliphatic heterocycles. The van der Waals surface area contributed by atoms with Crippen molar-refractivity contribution in [2.45, 2.75) is 74.4 Å². The van der Waals surface area contributed by atoms with Crippen molar-refractivity contribution >= 4 is 29.5 Å². The van der Waals surface area contributed by atoms with Gasteiger partial charge in [-0.25, -0.2) is 0 Å². The quantitative estimate of drug-likeness (QED) is 0.639. The number of rotatable bonds is 6. The zero-order chi connectivity index (χ0) is 22.7. The van der Waals surface area contributed by atoms with E-state index in [1.807, 2.05) is 18.4 Å². The molecule has 32 heavy (non-hydrogen) atoms. The minimum Gasteiger partial charge on any atom is -0.496 e. The van der Waals surface area contributed by atoms with Crippen molar-refractivity contribution < 1.29 is 19.1 Å². The van der Waals surface area contributed by atoms with Crippen molar-refractivity contribution in [2.24, 2.45) is 5.92 Å². The number of methoxy groups -OCH3 is 1. The maximum absolute atomic E-state index is 13.1. The van der Waals surface area contributed by atoms with Crippen molar-refractivity contribution in [2.75, 3.05) is 19.9 Å². The summed E-state index contributed by atoms with van der Waals surface area (Å²) in [6.07, 6.45) is 9.81. The number of amides is 3. The van der Waals surface area contributed by atoms with E-state index in [4.69, 9.17) is 4.74 Å². The number of nitrogens with zero attached hydrogens (tertiary/aromatic N) is 1. The Balaban J connectivity index is 1.37. The van der Waals surface area contributed by atoms with E-state index in [1.54, 1.807) is 29.8 Å². The van der Waals surface area contributed by atoms with Gasteiger partial charge >= 0.3 is 0 Å². The van der Waals surface area contributed by atoms with Crippen LogP contribution in [0.2, 0.25) is 0 Å². The monoisotopic (exact) mass is 459 g/mol. The number of piperidine rings is 1. The highest BCUT2D eigenvalue weighted by atomic mass is 32.2. The number of carbonyl (C=O) groups is 3. The Labute approximate surface area is 194 Å². The molecule has 3 fully saturated rings. The van der Waals surface area contributed by atoms with E-state index in [0.717, 1.165) is 24.2 Å². The number of fused-ring (bicyclic) bond motifs is 1. The molecule has 1 aliphatic carbocycles. The number of benzene rings is 1. The number of nitrogens with one attached hydrogen (secondary N) is 2. The molecule has 8 heteroatoms. The van der Waals surface area contributed by atoms with Crippen LogP contribution in [0.3, 0.4) is 0 Å². The fourth-order valence-corrected chi connectivity index (χ4v) is 5.73. The van der Waals surface area contributed by atoms with Gasteiger partial charge in [-0.05, 0) is 49.6 Å². The molecule has 2 heterocycles. The average molecular weight is 460 g/mol. The third-order valence-electron chi connectivity index (χ3n) is 7.09. The molecule has 2 saturated heterocycles. The fraction of sp³-hybridized carbons (Fsp3) is 0.625. The fourth-order valence-electron chi connectivity index (χ4n) is 5.30. The van der Waals surface area contributed by atoms with Crippen molar-refractivity contribution in [3.63, 3.8) is 0 Å². The molecule has 4 rings (SSSR count). The lowest BCUT2D eigenvalue weighted by Gasteiger charge is -2.44. The summed E-state index contributed by atoms with van der Waals surface area (Å²) in [5, 5.41) is 6.03. The van der Waals surface area contributed by atoms with E-state index in [-0.39, 0.29) is 23.8 Å². The van der Waals surface area contributed by atoms with Gasteiger partial charge in [0.25, 0.3) is 5.91 Å². The van der Waals surface area contributed by atoms with E-state index >= 15 is 0 Å². The normalized spacial score (nSPS) is 26.3. The third kappa shape index (κ3) is 4.90. The second-order valence-corrected chi connectivity index (χ2v) is 9.99. The number of hydrogen-bond donors (Lipinski definition) is 2. The van der Waals surface area contributed by atoms with Crippen molar-refractivity contribution in [3.05, 3.63) is 23.8 Å². The van der Waals surface area contributed by atoms with Crippen molar-refractivity contribution in [1.82, 2.24) is 15.5 Å². The predicted molar refractivity (Wildman–Crippen MR) is 124 cm³/mol. The van der Waals surface area contributed by atoms with Crippen molar-refractivity contribution in [1.29, 1.82) is 0 Å². The highest BCUT2D eigenvalue weighted by Gasteiger charge is 2.44. The first-order valence-corrected chi connectivity index (χ1v) is 12.9. The van der Waals surface area contributed by atoms with E-state index in [2.05, 4.69) is 10.6 Å². The van der Waals surface area contributed by atoms with Gasteiger partial charge in [0, 0.05) is 17.5 Å². The van der Waals surface area contributed by atoms with Crippen molar-refractivity contribution in [3.8, 4) is 5.75 Å². The number of piperazine rings is 1. The maximum Gasteiger partial charge on any atom is 0.255 e. The van der Waals surface area contributed by atoms with Crippen LogP contribution < -0.4 is 15.4 Å². The summed E-state index contributed by atoms with van der Waals surface area (Å²) in [6, 6.07) is 4.44. The summed E-state index contributed by atoms with van der Waals surface area (Å²) in [5.41, 5.74) is 0.476. The van der Waals surface area contributed by atoms with Gasteiger partial charge in [-0.1, -0.05) is 32.1 Å². The largest absolute Gasteiger partial charge is 0.496 e. The Morgan fingerprint density at radius 1 is 1.22 bits per heavy atom. The molecule has 3 amide bonds. The van der Waals surface area contributed by atoms with Crippen LogP contribution in [0.1, 0.15) is 61.7 Å². The highest BCUT2D eigenvalue weighted by Crippen LogP contribution is 2.31. The molecule has 1 aromatic carbocycles. The Hall–Kier alpha value is -2.22. The number of thioether (sulfide) groups is 1. The molecule has 0 radical (unpaired) electrons. The Kier molecular flexibility index (Phi) is 7.28. The summed E-state index contributed by atoms with van der Waals surface area (Å²) in [4.78, 5) is 41.6. The molecule has 1 aromatic rings. The Morgan fingerprint density at radius 3 is 2.72 bits per heavy atom. The Bertz CT molecular complexity index is 871. The average Bonchev–Trinajstić information content (AvgIpc) is 2.82. The first kappa shape index (κ1) is 23.0. The van der Waals surface area contributed by atoms with Crippen LogP contribution >= 0.6 is 11.8 Å². The van der Waals surface area contributed by atoms with Crippen LogP contribution in [0.25, 0.3) is 0 Å². The molecule has 7 nitrogen and oxygen atoms in total. The van der Waals surface area contributed by atoms with Crippen LogP contribution in [0, 0.1) is 5.92 Å². The van der Waals surface area contributed by atoms with E-state index in [9.17, 15) is 14.4 Å². The molecule has 0 spiro atoms. The van der Waals surface area contributed by atoms with Gasteiger partial charge < -0.3 is 20.3 Å². The van der Waals surface area contributed by atoms with Gasteiger partial charge in [0.2, 0.25) is 11.8 Å². The molecule has 3 atom stereocenters. The molecule has 2 N–H and O–H groups in total. The maximum atomic E-state index is 13.1. The minimum absolute atomic E-state index is 0.0410. The smallest absolute Gasteiger partial charge is 0.255 e. The molecule has 174 valence electrons. The summed E-state index contributed by atoms with van der Waals surface area (Å²) in [6.45, 7) is 0.492. The highest BCUT2D eigenvalue weighted by molar-refractivity contribution is 7.98. The van der Waals surface area contributed by atoms with Crippen LogP contribution in [0.15, 0.2) is 23.1 Å².